The number of nitrogens with two attached hydrogens (primary N) is 1. The molecule has 3 heteroatoms. The number of hydrogen-bond acceptors (Lipinski definition) is 1. The van der Waals surface area contributed by atoms with E-state index in [1.165, 1.54) is 6.92 Å². The van der Waals surface area contributed by atoms with E-state index in [1.807, 2.05) is 0 Å². The van der Waals surface area contributed by atoms with Gasteiger partial charge in [0, 0.05) is 5.56 Å². The summed E-state index contributed by atoms with van der Waals surface area (Å²) in [5.74, 6) is -2.95. The normalized spacial score (nSPS) is 14.1. The lowest BCUT2D eigenvalue weighted by molar-refractivity contribution is -0.0268. The van der Waals surface area contributed by atoms with E-state index < -0.39 is 12.0 Å². The van der Waals surface area contributed by atoms with Gasteiger partial charge in [-0.25, -0.2) is 0 Å². The van der Waals surface area contributed by atoms with Crippen LogP contribution in [0.4, 0.5) is 8.78 Å². The third-order valence-electron chi connectivity index (χ3n) is 2.39. The van der Waals surface area contributed by atoms with Crippen LogP contribution < -0.4 is 5.73 Å². The van der Waals surface area contributed by atoms with E-state index in [4.69, 9.17) is 5.73 Å². The molecule has 1 nitrogen and oxygen atoms in total. The molecule has 1 aromatic carbocycles. The van der Waals surface area contributed by atoms with E-state index in [9.17, 15) is 8.78 Å². The zero-order valence-corrected chi connectivity index (χ0v) is 8.64. The maximum absolute atomic E-state index is 13.7. The Morgan fingerprint density at radius 3 is 2.00 bits per heavy atom. The van der Waals surface area contributed by atoms with Gasteiger partial charge in [-0.1, -0.05) is 18.2 Å². The zero-order chi connectivity index (χ0) is 10.9. The Morgan fingerprint density at radius 2 is 1.64 bits per heavy atom. The fourth-order valence-corrected chi connectivity index (χ4v) is 1.57. The van der Waals surface area contributed by atoms with Crippen molar-refractivity contribution < 1.29 is 8.78 Å². The maximum atomic E-state index is 13.7. The molecule has 78 valence electrons. The van der Waals surface area contributed by atoms with Crippen molar-refractivity contribution in [3.63, 3.8) is 0 Å². The van der Waals surface area contributed by atoms with Crippen molar-refractivity contribution in [3.8, 4) is 0 Å². The number of halogens is 2. The predicted molar refractivity (Wildman–Crippen MR) is 53.5 cm³/mol. The summed E-state index contributed by atoms with van der Waals surface area (Å²) in [6, 6.07) is 3.96. The minimum atomic E-state index is -2.95. The molecule has 1 unspecified atom stereocenters. The molecule has 1 atom stereocenters. The average Bonchev–Trinajstić information content (AvgIpc) is 2.02. The van der Waals surface area contributed by atoms with Crippen LogP contribution in [0.5, 0.6) is 0 Å². The monoisotopic (exact) mass is 199 g/mol. The largest absolute Gasteiger partial charge is 0.323 e. The summed E-state index contributed by atoms with van der Waals surface area (Å²) in [7, 11) is 0. The lowest BCUT2D eigenvalue weighted by Crippen LogP contribution is -2.37. The van der Waals surface area contributed by atoms with Crippen LogP contribution in [0.25, 0.3) is 0 Å². The van der Waals surface area contributed by atoms with Crippen LogP contribution in [-0.4, -0.2) is 6.04 Å². The van der Waals surface area contributed by atoms with Gasteiger partial charge in [-0.05, 0) is 31.9 Å². The van der Waals surface area contributed by atoms with E-state index in [1.54, 1.807) is 32.0 Å². The van der Waals surface area contributed by atoms with Crippen LogP contribution in [0.3, 0.4) is 0 Å². The van der Waals surface area contributed by atoms with E-state index in [-0.39, 0.29) is 5.56 Å². The number of alkyl halides is 2. The summed E-state index contributed by atoms with van der Waals surface area (Å²) in [4.78, 5) is 0. The number of rotatable bonds is 2. The van der Waals surface area contributed by atoms with Gasteiger partial charge in [0.05, 0.1) is 6.04 Å². The highest BCUT2D eigenvalue weighted by atomic mass is 19.3. The lowest BCUT2D eigenvalue weighted by atomic mass is 9.94. The Morgan fingerprint density at radius 1 is 1.21 bits per heavy atom. The molecule has 0 heterocycles. The van der Waals surface area contributed by atoms with Gasteiger partial charge in [0.1, 0.15) is 0 Å². The molecule has 1 aromatic rings. The van der Waals surface area contributed by atoms with Crippen molar-refractivity contribution in [3.05, 3.63) is 34.9 Å². The minimum Gasteiger partial charge on any atom is -0.323 e. The molecule has 0 bridgehead atoms. The molecule has 0 aliphatic carbocycles. The molecule has 0 aliphatic heterocycles. The first kappa shape index (κ1) is 11.1. The SMILES string of the molecule is Cc1cccc(C)c1C(F)(F)C(C)N. The summed E-state index contributed by atoms with van der Waals surface area (Å²) in [5, 5.41) is 0. The van der Waals surface area contributed by atoms with Gasteiger partial charge in [-0.15, -0.1) is 0 Å². The van der Waals surface area contributed by atoms with Crippen molar-refractivity contribution in [2.24, 2.45) is 5.73 Å². The molecule has 0 radical (unpaired) electrons. The standard InChI is InChI=1S/C11H15F2N/c1-7-5-4-6-8(2)10(7)11(12,13)9(3)14/h4-6,9H,14H2,1-3H3. The molecule has 0 saturated heterocycles. The Bertz CT molecular complexity index is 312. The Kier molecular flexibility index (Phi) is 2.90. The molecular formula is C11H15F2N. The van der Waals surface area contributed by atoms with Crippen LogP contribution in [0.2, 0.25) is 0 Å². The van der Waals surface area contributed by atoms with E-state index >= 15 is 0 Å². The highest BCUT2D eigenvalue weighted by Gasteiger charge is 2.38. The number of aryl methyl sites for hydroxylation is 2. The van der Waals surface area contributed by atoms with Crippen molar-refractivity contribution >= 4 is 0 Å². The smallest absolute Gasteiger partial charge is 0.288 e. The zero-order valence-electron chi connectivity index (χ0n) is 8.64. The Hall–Kier alpha value is -0.960. The highest BCUT2D eigenvalue weighted by Crippen LogP contribution is 2.35. The third-order valence-corrected chi connectivity index (χ3v) is 2.39. The molecule has 1 rings (SSSR count). The quantitative estimate of drug-likeness (QED) is 0.778. The van der Waals surface area contributed by atoms with Crippen molar-refractivity contribution in [2.75, 3.05) is 0 Å². The van der Waals surface area contributed by atoms with Crippen LogP contribution in [-0.2, 0) is 5.92 Å². The van der Waals surface area contributed by atoms with Gasteiger partial charge in [-0.3, -0.25) is 0 Å². The van der Waals surface area contributed by atoms with Gasteiger partial charge < -0.3 is 5.73 Å². The van der Waals surface area contributed by atoms with Crippen LogP contribution in [0.15, 0.2) is 18.2 Å². The van der Waals surface area contributed by atoms with Crippen molar-refractivity contribution in [1.82, 2.24) is 0 Å². The van der Waals surface area contributed by atoms with E-state index in [2.05, 4.69) is 0 Å². The minimum absolute atomic E-state index is 0.0648. The summed E-state index contributed by atoms with van der Waals surface area (Å²) < 4.78 is 27.4. The van der Waals surface area contributed by atoms with Crippen LogP contribution >= 0.6 is 0 Å². The second kappa shape index (κ2) is 3.65. The van der Waals surface area contributed by atoms with Gasteiger partial charge in [0.2, 0.25) is 0 Å². The molecule has 14 heavy (non-hydrogen) atoms. The molecule has 0 aromatic heterocycles. The van der Waals surface area contributed by atoms with Gasteiger partial charge in [0.25, 0.3) is 5.92 Å². The summed E-state index contributed by atoms with van der Waals surface area (Å²) >= 11 is 0. The molecule has 0 fully saturated rings. The third kappa shape index (κ3) is 1.77. The summed E-state index contributed by atoms with van der Waals surface area (Å²) in [6.07, 6.45) is 0. The van der Waals surface area contributed by atoms with Crippen LogP contribution in [0.1, 0.15) is 23.6 Å². The van der Waals surface area contributed by atoms with Crippen LogP contribution in [0, 0.1) is 13.8 Å². The summed E-state index contributed by atoms with van der Waals surface area (Å²) in [5.41, 5.74) is 6.53. The van der Waals surface area contributed by atoms with Gasteiger partial charge in [0.15, 0.2) is 0 Å². The first-order valence-corrected chi connectivity index (χ1v) is 4.57. The van der Waals surface area contributed by atoms with E-state index in [0.717, 1.165) is 0 Å². The summed E-state index contributed by atoms with van der Waals surface area (Å²) in [6.45, 7) is 4.68. The second-order valence-electron chi connectivity index (χ2n) is 3.68. The van der Waals surface area contributed by atoms with Crippen molar-refractivity contribution in [2.45, 2.75) is 32.7 Å². The number of benzene rings is 1. The average molecular weight is 199 g/mol. The molecule has 2 N–H and O–H groups in total. The first-order chi connectivity index (χ1) is 6.37. The molecule has 0 spiro atoms. The molecular weight excluding hydrogens is 184 g/mol. The first-order valence-electron chi connectivity index (χ1n) is 4.57. The Balaban J connectivity index is 3.31. The van der Waals surface area contributed by atoms with Gasteiger partial charge >= 0.3 is 0 Å². The lowest BCUT2D eigenvalue weighted by Gasteiger charge is -2.24. The molecule has 0 aliphatic rings. The fraction of sp³-hybridized carbons (Fsp3) is 0.455. The van der Waals surface area contributed by atoms with Gasteiger partial charge in [-0.2, -0.15) is 8.78 Å². The number of hydrogen-bond donors (Lipinski definition) is 1. The second-order valence-corrected chi connectivity index (χ2v) is 3.68. The predicted octanol–water partition coefficient (Wildman–Crippen LogP) is 2.74. The van der Waals surface area contributed by atoms with E-state index in [0.29, 0.717) is 11.1 Å². The highest BCUT2D eigenvalue weighted by molar-refractivity contribution is 5.37. The maximum Gasteiger partial charge on any atom is 0.288 e. The topological polar surface area (TPSA) is 26.0 Å². The molecule has 0 saturated carbocycles. The van der Waals surface area contributed by atoms with Crippen molar-refractivity contribution in [1.29, 1.82) is 0 Å². The Labute approximate surface area is 82.9 Å². The fourth-order valence-electron chi connectivity index (χ4n) is 1.57. The molecule has 0 amide bonds.